The summed E-state index contributed by atoms with van der Waals surface area (Å²) in [6.07, 6.45) is 0. The summed E-state index contributed by atoms with van der Waals surface area (Å²) in [6.45, 7) is 4.19. The second-order valence-electron chi connectivity index (χ2n) is 4.31. The molecule has 1 heteroatoms. The predicted molar refractivity (Wildman–Crippen MR) is 68.6 cm³/mol. The summed E-state index contributed by atoms with van der Waals surface area (Å²) in [6, 6.07) is 12.6. The van der Waals surface area contributed by atoms with Gasteiger partial charge in [0, 0.05) is 10.8 Å². The number of hydrogen-bond acceptors (Lipinski definition) is 0. The zero-order chi connectivity index (χ0) is 11.3. The highest BCUT2D eigenvalue weighted by Gasteiger charge is 2.10. The van der Waals surface area contributed by atoms with Crippen LogP contribution in [0.15, 0.2) is 36.4 Å². The molecule has 3 rings (SSSR count). The van der Waals surface area contributed by atoms with Crippen LogP contribution in [-0.2, 0) is 0 Å². The van der Waals surface area contributed by atoms with Crippen LogP contribution in [0, 0.1) is 20.9 Å². The van der Waals surface area contributed by atoms with E-state index < -0.39 is 0 Å². The third-order valence-corrected chi connectivity index (χ3v) is 3.25. The van der Waals surface area contributed by atoms with Gasteiger partial charge in [-0.25, -0.2) is 0 Å². The van der Waals surface area contributed by atoms with Crippen LogP contribution in [-0.4, -0.2) is 4.57 Å². The molecule has 1 aromatic heterocycles. The Hall–Kier alpha value is -1.76. The Kier molecular flexibility index (Phi) is 1.84. The van der Waals surface area contributed by atoms with Gasteiger partial charge in [-0.05, 0) is 25.0 Å². The Labute approximate surface area is 95.3 Å². The van der Waals surface area contributed by atoms with E-state index in [2.05, 4.69) is 50.2 Å². The first-order chi connectivity index (χ1) is 7.70. The lowest BCUT2D eigenvalue weighted by Crippen LogP contribution is -1.88. The normalized spacial score (nSPS) is 11.4. The lowest BCUT2D eigenvalue weighted by atomic mass is 10.1. The topological polar surface area (TPSA) is 4.93 Å². The Morgan fingerprint density at radius 3 is 1.69 bits per heavy atom. The molecule has 0 saturated heterocycles. The Balaban J connectivity index is 2.70. The second-order valence-corrected chi connectivity index (χ2v) is 4.31. The van der Waals surface area contributed by atoms with E-state index in [4.69, 9.17) is 7.05 Å². The van der Waals surface area contributed by atoms with Gasteiger partial charge in [0.15, 0.2) is 0 Å². The van der Waals surface area contributed by atoms with Gasteiger partial charge >= 0.3 is 0 Å². The zero-order valence-corrected chi connectivity index (χ0v) is 9.49. The third kappa shape index (κ3) is 1.06. The lowest BCUT2D eigenvalue weighted by Gasteiger charge is -2.01. The first-order valence-electron chi connectivity index (χ1n) is 5.44. The molecule has 0 spiro atoms. The molecule has 3 aromatic rings. The Morgan fingerprint density at radius 1 is 0.812 bits per heavy atom. The van der Waals surface area contributed by atoms with Crippen LogP contribution in [0.5, 0.6) is 0 Å². The van der Waals surface area contributed by atoms with Gasteiger partial charge in [-0.2, -0.15) is 0 Å². The highest BCUT2D eigenvalue weighted by Crippen LogP contribution is 2.31. The fourth-order valence-corrected chi connectivity index (χ4v) is 2.50. The molecule has 0 unspecified atom stereocenters. The monoisotopic (exact) mass is 207 g/mol. The highest BCUT2D eigenvalue weighted by molar-refractivity contribution is 6.10. The maximum Gasteiger partial charge on any atom is 0.0800 e. The molecular weight excluding hydrogens is 194 g/mol. The van der Waals surface area contributed by atoms with Crippen molar-refractivity contribution < 1.29 is 0 Å². The third-order valence-electron chi connectivity index (χ3n) is 3.25. The number of benzene rings is 2. The van der Waals surface area contributed by atoms with Gasteiger partial charge < -0.3 is 4.57 Å². The number of aryl methyl sites for hydroxylation is 2. The first kappa shape index (κ1) is 9.46. The molecule has 2 aromatic carbocycles. The van der Waals surface area contributed by atoms with Gasteiger partial charge in [-0.1, -0.05) is 36.4 Å². The Bertz CT molecular complexity index is 630. The minimum atomic E-state index is 1.13. The van der Waals surface area contributed by atoms with E-state index in [-0.39, 0.29) is 0 Å². The average Bonchev–Trinajstić information content (AvgIpc) is 2.56. The number of nitrogens with zero attached hydrogens (tertiary/aromatic N) is 1. The van der Waals surface area contributed by atoms with Crippen LogP contribution in [0.1, 0.15) is 11.1 Å². The van der Waals surface area contributed by atoms with Crippen molar-refractivity contribution in [2.24, 2.45) is 0 Å². The fraction of sp³-hybridized carbons (Fsp3) is 0.133. The van der Waals surface area contributed by atoms with E-state index in [0.717, 1.165) is 11.0 Å². The van der Waals surface area contributed by atoms with E-state index in [1.165, 1.54) is 21.9 Å². The SMILES string of the molecule is [CH]n1c2c(C)cccc2c2cccc(C)c21. The summed E-state index contributed by atoms with van der Waals surface area (Å²) >= 11 is 0. The van der Waals surface area contributed by atoms with Crippen LogP contribution in [0.3, 0.4) is 0 Å². The standard InChI is InChI=1S/C15H13N/c1-10-6-4-8-12-13-9-5-7-11(2)15(13)16(3)14(10)12/h3-9H,1-2H3. The molecule has 16 heavy (non-hydrogen) atoms. The van der Waals surface area contributed by atoms with Crippen molar-refractivity contribution in [2.45, 2.75) is 13.8 Å². The summed E-state index contributed by atoms with van der Waals surface area (Å²) in [4.78, 5) is 0. The van der Waals surface area contributed by atoms with Crippen molar-refractivity contribution in [1.29, 1.82) is 0 Å². The van der Waals surface area contributed by atoms with Gasteiger partial charge in [0.05, 0.1) is 18.1 Å². The quantitative estimate of drug-likeness (QED) is 0.526. The number of fused-ring (bicyclic) bond motifs is 3. The smallest absolute Gasteiger partial charge is 0.0800 e. The molecule has 0 amide bonds. The number of para-hydroxylation sites is 2. The molecule has 1 nitrogen and oxygen atoms in total. The van der Waals surface area contributed by atoms with Crippen LogP contribution in [0.25, 0.3) is 21.8 Å². The summed E-state index contributed by atoms with van der Waals surface area (Å²) in [5.41, 5.74) is 4.70. The van der Waals surface area contributed by atoms with Gasteiger partial charge in [-0.3, -0.25) is 0 Å². The molecule has 0 aliphatic carbocycles. The molecule has 78 valence electrons. The van der Waals surface area contributed by atoms with Crippen molar-refractivity contribution in [3.05, 3.63) is 54.6 Å². The molecule has 0 N–H and O–H groups in total. The zero-order valence-electron chi connectivity index (χ0n) is 9.49. The molecule has 2 radical (unpaired) electrons. The summed E-state index contributed by atoms with van der Waals surface area (Å²) < 4.78 is 1.81. The van der Waals surface area contributed by atoms with E-state index in [9.17, 15) is 0 Å². The van der Waals surface area contributed by atoms with E-state index >= 15 is 0 Å². The van der Waals surface area contributed by atoms with E-state index in [0.29, 0.717) is 0 Å². The van der Waals surface area contributed by atoms with Crippen LogP contribution < -0.4 is 0 Å². The van der Waals surface area contributed by atoms with Gasteiger partial charge in [0.25, 0.3) is 0 Å². The van der Waals surface area contributed by atoms with Crippen LogP contribution in [0.2, 0.25) is 0 Å². The maximum absolute atomic E-state index is 6.19. The first-order valence-corrected chi connectivity index (χ1v) is 5.44. The van der Waals surface area contributed by atoms with Gasteiger partial charge in [0.2, 0.25) is 0 Å². The molecule has 0 fully saturated rings. The summed E-state index contributed by atoms with van der Waals surface area (Å²) in [5, 5.41) is 2.47. The average molecular weight is 207 g/mol. The minimum Gasteiger partial charge on any atom is -0.333 e. The van der Waals surface area contributed by atoms with Crippen molar-refractivity contribution in [3.8, 4) is 0 Å². The van der Waals surface area contributed by atoms with Crippen molar-refractivity contribution >= 4 is 21.8 Å². The summed E-state index contributed by atoms with van der Waals surface area (Å²) in [5.74, 6) is 0. The lowest BCUT2D eigenvalue weighted by molar-refractivity contribution is 1.17. The predicted octanol–water partition coefficient (Wildman–Crippen LogP) is 3.93. The van der Waals surface area contributed by atoms with Crippen LogP contribution in [0.4, 0.5) is 0 Å². The molecule has 0 saturated carbocycles. The molecule has 0 aliphatic rings. The molecule has 0 bridgehead atoms. The summed E-state index contributed by atoms with van der Waals surface area (Å²) in [7, 11) is 6.19. The van der Waals surface area contributed by atoms with Crippen LogP contribution >= 0.6 is 0 Å². The van der Waals surface area contributed by atoms with E-state index in [1.54, 1.807) is 0 Å². The van der Waals surface area contributed by atoms with Gasteiger partial charge in [-0.15, -0.1) is 0 Å². The largest absolute Gasteiger partial charge is 0.333 e. The van der Waals surface area contributed by atoms with Gasteiger partial charge in [0.1, 0.15) is 0 Å². The molecule has 0 atom stereocenters. The number of rotatable bonds is 0. The van der Waals surface area contributed by atoms with Crippen molar-refractivity contribution in [2.75, 3.05) is 0 Å². The van der Waals surface area contributed by atoms with E-state index in [1.807, 2.05) is 4.57 Å². The second kappa shape index (κ2) is 3.11. The number of hydrogen-bond donors (Lipinski definition) is 0. The number of aromatic nitrogens is 1. The highest BCUT2D eigenvalue weighted by atomic mass is 14.9. The molecule has 1 heterocycles. The fourth-order valence-electron chi connectivity index (χ4n) is 2.50. The van der Waals surface area contributed by atoms with Crippen molar-refractivity contribution in [3.63, 3.8) is 0 Å². The molecular formula is C15H13N. The van der Waals surface area contributed by atoms with Crippen molar-refractivity contribution in [1.82, 2.24) is 4.57 Å². The maximum atomic E-state index is 6.19. The molecule has 0 aliphatic heterocycles. The minimum absolute atomic E-state index is 1.13. The Morgan fingerprint density at radius 2 is 1.25 bits per heavy atom.